The molecule has 0 radical (unpaired) electrons. The number of unbranched alkanes of at least 4 members (excludes halogenated alkanes) is 6. The number of ether oxygens (including phenoxy) is 1. The monoisotopic (exact) mass is 480 g/mol. The number of benzene rings is 2. The lowest BCUT2D eigenvalue weighted by atomic mass is 9.93. The second kappa shape index (κ2) is 12.6. The van der Waals surface area contributed by atoms with Crippen LogP contribution < -0.4 is 10.1 Å². The van der Waals surface area contributed by atoms with E-state index in [4.69, 9.17) is 4.74 Å². The second-order valence-corrected chi connectivity index (χ2v) is 10.6. The van der Waals surface area contributed by atoms with Gasteiger partial charge in [0.1, 0.15) is 5.75 Å². The van der Waals surface area contributed by atoms with Crippen molar-refractivity contribution in [3.8, 4) is 5.75 Å². The summed E-state index contributed by atoms with van der Waals surface area (Å²) in [5, 5.41) is 3.27. The van der Waals surface area contributed by atoms with E-state index in [9.17, 15) is 4.79 Å². The smallest absolute Gasteiger partial charge is 0.255 e. The lowest BCUT2D eigenvalue weighted by Crippen LogP contribution is -2.47. The second-order valence-electron chi connectivity index (χ2n) is 9.69. The zero-order valence-corrected chi connectivity index (χ0v) is 21.7. The molecule has 2 aromatic rings. The summed E-state index contributed by atoms with van der Waals surface area (Å²) in [5.41, 5.74) is 4.71. The topological polar surface area (TPSA) is 41.6 Å². The molecule has 2 heterocycles. The highest BCUT2D eigenvalue weighted by Gasteiger charge is 2.27. The van der Waals surface area contributed by atoms with Crippen LogP contribution in [0.1, 0.15) is 78.9 Å². The maximum Gasteiger partial charge on any atom is 0.255 e. The first-order chi connectivity index (χ1) is 16.7. The van der Waals surface area contributed by atoms with Crippen molar-refractivity contribution >= 4 is 17.7 Å². The average molecular weight is 481 g/mol. The van der Waals surface area contributed by atoms with E-state index in [1.807, 2.05) is 6.07 Å². The Morgan fingerprint density at radius 2 is 1.82 bits per heavy atom. The Morgan fingerprint density at radius 1 is 1.06 bits per heavy atom. The van der Waals surface area contributed by atoms with Crippen molar-refractivity contribution in [2.75, 3.05) is 26.0 Å². The van der Waals surface area contributed by atoms with Crippen LogP contribution in [0.15, 0.2) is 41.3 Å². The van der Waals surface area contributed by atoms with Crippen LogP contribution in [0, 0.1) is 0 Å². The van der Waals surface area contributed by atoms with E-state index in [0.717, 1.165) is 42.1 Å². The molecule has 34 heavy (non-hydrogen) atoms. The molecule has 1 amide bonds. The Bertz CT molecular complexity index is 961. The lowest BCUT2D eigenvalue weighted by molar-refractivity contribution is 0.0920. The van der Waals surface area contributed by atoms with Gasteiger partial charge in [-0.25, -0.2) is 0 Å². The van der Waals surface area contributed by atoms with Gasteiger partial charge in [0.15, 0.2) is 0 Å². The molecule has 0 aliphatic carbocycles. The predicted molar refractivity (Wildman–Crippen MR) is 142 cm³/mol. The minimum atomic E-state index is -0.0104. The molecular formula is C29H40N2O2S. The van der Waals surface area contributed by atoms with Crippen molar-refractivity contribution in [3.63, 3.8) is 0 Å². The van der Waals surface area contributed by atoms with E-state index in [0.29, 0.717) is 24.8 Å². The molecule has 0 bridgehead atoms. The Labute approximate surface area is 209 Å². The molecule has 0 fully saturated rings. The third kappa shape index (κ3) is 6.37. The molecule has 0 spiro atoms. The normalized spacial score (nSPS) is 17.2. The SMILES string of the molecule is CCCCCCCCCN1Cc2ccccc2C[C@@H]1CNC(=O)c1cc(SC)cc2c1OCC2. The van der Waals surface area contributed by atoms with Gasteiger partial charge in [0, 0.05) is 30.4 Å². The van der Waals surface area contributed by atoms with Crippen LogP contribution in [0.3, 0.4) is 0 Å². The van der Waals surface area contributed by atoms with Gasteiger partial charge in [-0.1, -0.05) is 69.7 Å². The fourth-order valence-electron chi connectivity index (χ4n) is 5.25. The summed E-state index contributed by atoms with van der Waals surface area (Å²) in [6.45, 7) is 5.68. The zero-order valence-electron chi connectivity index (χ0n) is 20.9. The number of carbonyl (C=O) groups excluding carboxylic acids is 1. The first-order valence-electron chi connectivity index (χ1n) is 13.1. The minimum Gasteiger partial charge on any atom is -0.492 e. The maximum absolute atomic E-state index is 13.2. The van der Waals surface area contributed by atoms with E-state index in [2.05, 4.69) is 53.7 Å². The van der Waals surface area contributed by atoms with Crippen molar-refractivity contribution in [2.24, 2.45) is 0 Å². The molecular weight excluding hydrogens is 440 g/mol. The highest BCUT2D eigenvalue weighted by molar-refractivity contribution is 7.98. The van der Waals surface area contributed by atoms with Gasteiger partial charge in [-0.2, -0.15) is 0 Å². The number of nitrogens with one attached hydrogen (secondary N) is 1. The molecule has 184 valence electrons. The first-order valence-corrected chi connectivity index (χ1v) is 14.3. The summed E-state index contributed by atoms with van der Waals surface area (Å²) < 4.78 is 5.83. The van der Waals surface area contributed by atoms with Gasteiger partial charge in [0.05, 0.1) is 12.2 Å². The standard InChI is InChI=1S/C29H40N2O2S/c1-3-4-5-6-7-8-11-15-31-21-24-13-10-9-12-22(24)17-25(31)20-30-29(32)27-19-26(34-2)18-23-14-16-33-28(23)27/h9-10,12-13,18-19,25H,3-8,11,14-17,20-21H2,1-2H3,(H,30,32)/t25-/m1/s1. The fourth-order valence-corrected chi connectivity index (χ4v) is 5.74. The van der Waals surface area contributed by atoms with Crippen LogP contribution >= 0.6 is 11.8 Å². The maximum atomic E-state index is 13.2. The number of hydrogen-bond acceptors (Lipinski definition) is 4. The summed E-state index contributed by atoms with van der Waals surface area (Å²) in [7, 11) is 0. The van der Waals surface area contributed by atoms with Gasteiger partial charge < -0.3 is 10.1 Å². The summed E-state index contributed by atoms with van der Waals surface area (Å²) >= 11 is 1.68. The summed E-state index contributed by atoms with van der Waals surface area (Å²) in [6.07, 6.45) is 13.2. The Kier molecular flexibility index (Phi) is 9.34. The van der Waals surface area contributed by atoms with Crippen LogP contribution in [0.4, 0.5) is 0 Å². The molecule has 1 N–H and O–H groups in total. The molecule has 0 aromatic heterocycles. The van der Waals surface area contributed by atoms with Gasteiger partial charge in [-0.15, -0.1) is 11.8 Å². The van der Waals surface area contributed by atoms with Crippen LogP contribution in [-0.2, 0) is 19.4 Å². The summed E-state index contributed by atoms with van der Waals surface area (Å²) in [5.74, 6) is 0.771. The van der Waals surface area contributed by atoms with E-state index in [-0.39, 0.29) is 5.91 Å². The van der Waals surface area contributed by atoms with Gasteiger partial charge >= 0.3 is 0 Å². The van der Waals surface area contributed by atoms with Crippen molar-refractivity contribution < 1.29 is 9.53 Å². The van der Waals surface area contributed by atoms with Crippen molar-refractivity contribution in [2.45, 2.75) is 82.2 Å². The summed E-state index contributed by atoms with van der Waals surface area (Å²) in [6, 6.07) is 13.3. The Balaban J connectivity index is 1.37. The largest absolute Gasteiger partial charge is 0.492 e. The quantitative estimate of drug-likeness (QED) is 0.288. The molecule has 2 aliphatic rings. The van der Waals surface area contributed by atoms with Crippen LogP contribution in [0.5, 0.6) is 5.75 Å². The molecule has 2 aliphatic heterocycles. The van der Waals surface area contributed by atoms with Crippen LogP contribution in [0.25, 0.3) is 0 Å². The Morgan fingerprint density at radius 3 is 2.62 bits per heavy atom. The third-order valence-electron chi connectivity index (χ3n) is 7.25. The number of nitrogens with zero attached hydrogens (tertiary/aromatic N) is 1. The Hall–Kier alpha value is -1.98. The van der Waals surface area contributed by atoms with Crippen LogP contribution in [-0.4, -0.2) is 42.8 Å². The molecule has 0 unspecified atom stereocenters. The van der Waals surface area contributed by atoms with Crippen LogP contribution in [0.2, 0.25) is 0 Å². The predicted octanol–water partition coefficient (Wildman–Crippen LogP) is 6.25. The van der Waals surface area contributed by atoms with E-state index >= 15 is 0 Å². The van der Waals surface area contributed by atoms with Gasteiger partial charge in [0.2, 0.25) is 0 Å². The highest BCUT2D eigenvalue weighted by Crippen LogP contribution is 2.34. The molecule has 1 atom stereocenters. The molecule has 4 rings (SSSR count). The molecule has 5 heteroatoms. The average Bonchev–Trinajstić information content (AvgIpc) is 3.34. The van der Waals surface area contributed by atoms with E-state index in [1.54, 1.807) is 11.8 Å². The zero-order chi connectivity index (χ0) is 23.8. The van der Waals surface area contributed by atoms with Crippen molar-refractivity contribution in [1.82, 2.24) is 10.2 Å². The van der Waals surface area contributed by atoms with E-state index < -0.39 is 0 Å². The van der Waals surface area contributed by atoms with Gasteiger partial charge in [-0.3, -0.25) is 9.69 Å². The number of amides is 1. The number of hydrogen-bond donors (Lipinski definition) is 1. The van der Waals surface area contributed by atoms with Crippen molar-refractivity contribution in [1.29, 1.82) is 0 Å². The lowest BCUT2D eigenvalue weighted by Gasteiger charge is -2.37. The van der Waals surface area contributed by atoms with E-state index in [1.165, 1.54) is 56.1 Å². The molecule has 0 saturated carbocycles. The van der Waals surface area contributed by atoms with Gasteiger partial charge in [0.25, 0.3) is 5.91 Å². The number of carbonyl (C=O) groups is 1. The summed E-state index contributed by atoms with van der Waals surface area (Å²) in [4.78, 5) is 17.0. The van der Waals surface area contributed by atoms with Gasteiger partial charge in [-0.05, 0) is 54.5 Å². The number of rotatable bonds is 12. The molecule has 2 aromatic carbocycles. The minimum absolute atomic E-state index is 0.0104. The molecule has 4 nitrogen and oxygen atoms in total. The third-order valence-corrected chi connectivity index (χ3v) is 7.96. The van der Waals surface area contributed by atoms with Crippen molar-refractivity contribution in [3.05, 3.63) is 58.7 Å². The number of thioether (sulfide) groups is 1. The fraction of sp³-hybridized carbons (Fsp3) is 0.552. The number of fused-ring (bicyclic) bond motifs is 2. The highest BCUT2D eigenvalue weighted by atomic mass is 32.2. The molecule has 0 saturated heterocycles. The first kappa shape index (κ1) is 25.1.